The molecule has 0 aliphatic carbocycles. The van der Waals surface area contributed by atoms with Crippen molar-refractivity contribution in [3.8, 4) is 28.4 Å². The number of pyridine rings is 1. The first-order valence-electron chi connectivity index (χ1n) is 10.1. The molecule has 3 aromatic rings. The molecule has 0 radical (unpaired) electrons. The second-order valence-corrected chi connectivity index (χ2v) is 8.87. The Hall–Kier alpha value is -3.88. The molecular formula is C23H24N4O5. The number of carbonyl (C=O) groups is 2. The number of nitrogens with two attached hydrogens (primary N) is 1. The number of hydrogen-bond donors (Lipinski definition) is 2. The summed E-state index contributed by atoms with van der Waals surface area (Å²) in [6.07, 6.45) is 1.41. The first kappa shape index (κ1) is 21.4. The van der Waals surface area contributed by atoms with Crippen LogP contribution in [0.1, 0.15) is 47.5 Å². The van der Waals surface area contributed by atoms with Crippen LogP contribution in [-0.2, 0) is 6.54 Å². The summed E-state index contributed by atoms with van der Waals surface area (Å²) in [7, 11) is 1.50. The highest BCUT2D eigenvalue weighted by Crippen LogP contribution is 2.42. The van der Waals surface area contributed by atoms with E-state index in [9.17, 15) is 19.5 Å². The molecule has 4 rings (SSSR count). The van der Waals surface area contributed by atoms with Crippen LogP contribution in [0.25, 0.3) is 22.6 Å². The molecule has 1 amide bonds. The number of aromatic carboxylic acids is 1. The van der Waals surface area contributed by atoms with Crippen molar-refractivity contribution in [1.82, 2.24) is 14.3 Å². The predicted molar refractivity (Wildman–Crippen MR) is 118 cm³/mol. The summed E-state index contributed by atoms with van der Waals surface area (Å²) in [5.41, 5.74) is 6.87. The van der Waals surface area contributed by atoms with Gasteiger partial charge in [0.1, 0.15) is 11.3 Å². The standard InChI is InChI=1S/C23H24N4O5/c1-23(2,3)19-11-27-16(15-9-17(28)13(22(30)31)10-26(15)19)8-14(25-27)20-12(21(24)29)6-5-7-18(20)32-4/h5-10,19H,11H2,1-4H3,(H2,24,29)(H,30,31)/t19-/m0/s1. The van der Waals surface area contributed by atoms with E-state index in [2.05, 4.69) is 0 Å². The molecule has 0 unspecified atom stereocenters. The quantitative estimate of drug-likeness (QED) is 0.647. The van der Waals surface area contributed by atoms with Gasteiger partial charge in [0.25, 0.3) is 0 Å². The number of rotatable bonds is 4. The minimum atomic E-state index is -1.27. The largest absolute Gasteiger partial charge is 0.496 e. The van der Waals surface area contributed by atoms with Gasteiger partial charge in [-0.25, -0.2) is 4.79 Å². The lowest BCUT2D eigenvalue weighted by molar-refractivity contribution is 0.0693. The van der Waals surface area contributed by atoms with E-state index in [1.807, 2.05) is 25.3 Å². The molecule has 0 spiro atoms. The third kappa shape index (κ3) is 3.35. The maximum atomic E-state index is 12.5. The van der Waals surface area contributed by atoms with Crippen LogP contribution in [0.2, 0.25) is 0 Å². The Morgan fingerprint density at radius 3 is 2.50 bits per heavy atom. The van der Waals surface area contributed by atoms with Crippen LogP contribution in [0.3, 0.4) is 0 Å². The zero-order chi connectivity index (χ0) is 23.4. The van der Waals surface area contributed by atoms with Crippen LogP contribution in [0.5, 0.6) is 5.75 Å². The summed E-state index contributed by atoms with van der Waals surface area (Å²) < 4.78 is 9.06. The van der Waals surface area contributed by atoms with Crippen molar-refractivity contribution in [2.75, 3.05) is 7.11 Å². The van der Waals surface area contributed by atoms with Crippen molar-refractivity contribution in [3.05, 3.63) is 57.9 Å². The Morgan fingerprint density at radius 1 is 1.19 bits per heavy atom. The molecule has 3 heterocycles. The molecule has 0 saturated heterocycles. The third-order valence-electron chi connectivity index (χ3n) is 5.80. The highest BCUT2D eigenvalue weighted by atomic mass is 16.5. The number of carboxylic acid groups (broad SMARTS) is 1. The fourth-order valence-corrected chi connectivity index (χ4v) is 4.17. The van der Waals surface area contributed by atoms with Gasteiger partial charge in [0.2, 0.25) is 5.91 Å². The molecule has 9 nitrogen and oxygen atoms in total. The average Bonchev–Trinajstić information content (AvgIpc) is 3.15. The number of fused-ring (bicyclic) bond motifs is 3. The number of carbonyl (C=O) groups excluding carboxylic acids is 1. The molecule has 166 valence electrons. The first-order valence-corrected chi connectivity index (χ1v) is 10.1. The number of primary amides is 1. The molecular weight excluding hydrogens is 412 g/mol. The van der Waals surface area contributed by atoms with Gasteiger partial charge < -0.3 is 20.1 Å². The maximum absolute atomic E-state index is 12.5. The number of ether oxygens (including phenoxy) is 1. The fourth-order valence-electron chi connectivity index (χ4n) is 4.17. The molecule has 0 fully saturated rings. The lowest BCUT2D eigenvalue weighted by Crippen LogP contribution is -2.35. The summed E-state index contributed by atoms with van der Waals surface area (Å²) in [5.74, 6) is -1.43. The molecule has 0 bridgehead atoms. The van der Waals surface area contributed by atoms with Crippen LogP contribution in [0, 0.1) is 5.41 Å². The molecule has 3 N–H and O–H groups in total. The summed E-state index contributed by atoms with van der Waals surface area (Å²) >= 11 is 0. The van der Waals surface area contributed by atoms with E-state index in [1.165, 1.54) is 19.4 Å². The van der Waals surface area contributed by atoms with E-state index >= 15 is 0 Å². The second-order valence-electron chi connectivity index (χ2n) is 8.87. The van der Waals surface area contributed by atoms with Crippen LogP contribution >= 0.6 is 0 Å². The van der Waals surface area contributed by atoms with Gasteiger partial charge in [0, 0.05) is 12.3 Å². The highest BCUT2D eigenvalue weighted by molar-refractivity contribution is 6.01. The van der Waals surface area contributed by atoms with Crippen LogP contribution in [0.15, 0.2) is 41.3 Å². The Kier molecular flexibility index (Phi) is 4.92. The Morgan fingerprint density at radius 2 is 1.91 bits per heavy atom. The zero-order valence-electron chi connectivity index (χ0n) is 18.2. The van der Waals surface area contributed by atoms with Gasteiger partial charge in [-0.2, -0.15) is 5.10 Å². The van der Waals surface area contributed by atoms with Gasteiger partial charge >= 0.3 is 5.97 Å². The van der Waals surface area contributed by atoms with E-state index in [-0.39, 0.29) is 22.6 Å². The normalized spacial score (nSPS) is 15.1. The minimum Gasteiger partial charge on any atom is -0.496 e. The minimum absolute atomic E-state index is 0.162. The van der Waals surface area contributed by atoms with E-state index in [4.69, 9.17) is 15.6 Å². The number of nitrogens with zero attached hydrogens (tertiary/aromatic N) is 3. The number of hydrogen-bond acceptors (Lipinski definition) is 5. The highest BCUT2D eigenvalue weighted by Gasteiger charge is 2.35. The first-order chi connectivity index (χ1) is 15.0. The van der Waals surface area contributed by atoms with Crippen molar-refractivity contribution >= 4 is 11.9 Å². The Bertz CT molecular complexity index is 1310. The average molecular weight is 436 g/mol. The predicted octanol–water partition coefficient (Wildman–Crippen LogP) is 2.79. The summed E-state index contributed by atoms with van der Waals surface area (Å²) in [6, 6.07) is 7.93. The van der Waals surface area contributed by atoms with Gasteiger partial charge in [-0.05, 0) is 23.6 Å². The number of aromatic nitrogens is 3. The lowest BCUT2D eigenvalue weighted by atomic mass is 9.85. The summed E-state index contributed by atoms with van der Waals surface area (Å²) in [6.45, 7) is 6.58. The van der Waals surface area contributed by atoms with Crippen molar-refractivity contribution in [2.45, 2.75) is 33.4 Å². The summed E-state index contributed by atoms with van der Waals surface area (Å²) in [4.78, 5) is 36.2. The summed E-state index contributed by atoms with van der Waals surface area (Å²) in [5, 5.41) is 14.2. The molecule has 1 aliphatic heterocycles. The van der Waals surface area contributed by atoms with Crippen LogP contribution in [-0.4, -0.2) is 38.4 Å². The lowest BCUT2D eigenvalue weighted by Gasteiger charge is -2.38. The smallest absolute Gasteiger partial charge is 0.341 e. The number of benzene rings is 1. The van der Waals surface area contributed by atoms with Crippen LogP contribution in [0.4, 0.5) is 0 Å². The van der Waals surface area contributed by atoms with Gasteiger partial charge in [-0.1, -0.05) is 26.8 Å². The Labute approximate surface area is 184 Å². The number of amides is 1. The van der Waals surface area contributed by atoms with E-state index in [0.29, 0.717) is 34.9 Å². The molecule has 2 aromatic heterocycles. The third-order valence-corrected chi connectivity index (χ3v) is 5.80. The topological polar surface area (TPSA) is 129 Å². The second kappa shape index (κ2) is 7.37. The molecule has 1 aromatic carbocycles. The molecule has 0 saturated carbocycles. The SMILES string of the molecule is COc1cccc(C(N)=O)c1-c1cc2n(n1)C[C@@H](C(C)(C)C)n1cc(C(=O)O)c(=O)cc1-2. The maximum Gasteiger partial charge on any atom is 0.341 e. The Balaban J connectivity index is 1.99. The van der Waals surface area contributed by atoms with Crippen LogP contribution < -0.4 is 15.9 Å². The van der Waals surface area contributed by atoms with E-state index in [0.717, 1.165) is 0 Å². The van der Waals surface area contributed by atoms with Gasteiger partial charge in [-0.3, -0.25) is 14.3 Å². The van der Waals surface area contributed by atoms with Crippen molar-refractivity contribution < 1.29 is 19.4 Å². The molecule has 1 aliphatic rings. The number of methoxy groups -OCH3 is 1. The van der Waals surface area contributed by atoms with Gasteiger partial charge in [0.05, 0.1) is 47.9 Å². The van der Waals surface area contributed by atoms with Crippen molar-refractivity contribution in [1.29, 1.82) is 0 Å². The number of carboxylic acids is 1. The molecule has 32 heavy (non-hydrogen) atoms. The van der Waals surface area contributed by atoms with Crippen molar-refractivity contribution in [2.24, 2.45) is 11.1 Å². The van der Waals surface area contributed by atoms with Crippen molar-refractivity contribution in [3.63, 3.8) is 0 Å². The molecule has 9 heteroatoms. The zero-order valence-corrected chi connectivity index (χ0v) is 18.2. The van der Waals surface area contributed by atoms with Gasteiger partial charge in [-0.15, -0.1) is 0 Å². The monoisotopic (exact) mass is 436 g/mol. The van der Waals surface area contributed by atoms with Gasteiger partial charge in [0.15, 0.2) is 5.43 Å². The molecule has 1 atom stereocenters. The van der Waals surface area contributed by atoms with E-state index in [1.54, 1.807) is 28.9 Å². The fraction of sp³-hybridized carbons (Fsp3) is 0.304. The van der Waals surface area contributed by atoms with E-state index < -0.39 is 17.3 Å².